The Bertz CT molecular complexity index is 593. The lowest BCUT2D eigenvalue weighted by atomic mass is 9.95. The van der Waals surface area contributed by atoms with E-state index < -0.39 is 11.9 Å². The van der Waals surface area contributed by atoms with Crippen LogP contribution in [0.5, 0.6) is 0 Å². The molecule has 0 radical (unpaired) electrons. The van der Waals surface area contributed by atoms with Gasteiger partial charge in [-0.2, -0.15) is 0 Å². The van der Waals surface area contributed by atoms with Crippen molar-refractivity contribution in [3.63, 3.8) is 0 Å². The van der Waals surface area contributed by atoms with E-state index in [0.717, 1.165) is 25.3 Å². The molecule has 1 N–H and O–H groups in total. The number of carbonyl (C=O) groups is 1. The monoisotopic (exact) mass is 356 g/mol. The van der Waals surface area contributed by atoms with Gasteiger partial charge in [0.25, 0.3) is 0 Å². The second-order valence-corrected chi connectivity index (χ2v) is 5.51. The van der Waals surface area contributed by atoms with Crippen LogP contribution in [0.3, 0.4) is 0 Å². The molecule has 2 aromatic carbocycles. The molecule has 2 rings (SSSR count). The van der Waals surface area contributed by atoms with Crippen LogP contribution in [0.25, 0.3) is 10.8 Å². The standard InChI is InChI=1S/C13H10Br2O2/c1-7(13(16)17)11-9-5-3-2-4-8(9)6-10(14)12(11)15/h2-7H,1H3,(H,16,17). The van der Waals surface area contributed by atoms with Gasteiger partial charge in [-0.25, -0.2) is 0 Å². The molecule has 0 aliphatic rings. The Balaban J connectivity index is 2.83. The van der Waals surface area contributed by atoms with Crippen molar-refractivity contribution >= 4 is 48.6 Å². The normalized spacial score (nSPS) is 12.6. The van der Waals surface area contributed by atoms with Crippen molar-refractivity contribution in [2.45, 2.75) is 12.8 Å². The van der Waals surface area contributed by atoms with E-state index in [2.05, 4.69) is 31.9 Å². The van der Waals surface area contributed by atoms with E-state index >= 15 is 0 Å². The number of halogens is 2. The molecule has 17 heavy (non-hydrogen) atoms. The van der Waals surface area contributed by atoms with E-state index in [1.54, 1.807) is 6.92 Å². The van der Waals surface area contributed by atoms with Crippen molar-refractivity contribution < 1.29 is 9.90 Å². The van der Waals surface area contributed by atoms with Crippen LogP contribution in [0.2, 0.25) is 0 Å². The minimum Gasteiger partial charge on any atom is -0.481 e. The summed E-state index contributed by atoms with van der Waals surface area (Å²) in [5.41, 5.74) is 0.808. The zero-order chi connectivity index (χ0) is 12.6. The lowest BCUT2D eigenvalue weighted by molar-refractivity contribution is -0.138. The van der Waals surface area contributed by atoms with Gasteiger partial charge < -0.3 is 5.11 Å². The average molecular weight is 358 g/mol. The molecule has 4 heteroatoms. The summed E-state index contributed by atoms with van der Waals surface area (Å²) in [4.78, 5) is 11.2. The number of hydrogen-bond donors (Lipinski definition) is 1. The van der Waals surface area contributed by atoms with Crippen molar-refractivity contribution in [1.29, 1.82) is 0 Å². The van der Waals surface area contributed by atoms with Gasteiger partial charge in [0.1, 0.15) is 0 Å². The van der Waals surface area contributed by atoms with Gasteiger partial charge in [-0.3, -0.25) is 4.79 Å². The Morgan fingerprint density at radius 1 is 1.29 bits per heavy atom. The van der Waals surface area contributed by atoms with Crippen molar-refractivity contribution in [1.82, 2.24) is 0 Å². The van der Waals surface area contributed by atoms with Crippen LogP contribution in [0, 0.1) is 0 Å². The first kappa shape index (κ1) is 12.6. The Kier molecular flexibility index (Phi) is 3.54. The highest BCUT2D eigenvalue weighted by Crippen LogP contribution is 2.38. The predicted octanol–water partition coefficient (Wildman–Crippen LogP) is 4.55. The summed E-state index contributed by atoms with van der Waals surface area (Å²) in [6.45, 7) is 1.70. The molecule has 0 saturated heterocycles. The van der Waals surface area contributed by atoms with Gasteiger partial charge in [-0.05, 0) is 61.2 Å². The molecule has 0 bridgehead atoms. The number of benzene rings is 2. The minimum atomic E-state index is -0.825. The van der Waals surface area contributed by atoms with E-state index in [4.69, 9.17) is 0 Å². The summed E-state index contributed by atoms with van der Waals surface area (Å²) in [6.07, 6.45) is 0. The molecule has 0 aromatic heterocycles. The van der Waals surface area contributed by atoms with Gasteiger partial charge in [0.05, 0.1) is 5.92 Å². The van der Waals surface area contributed by atoms with Crippen molar-refractivity contribution in [3.8, 4) is 0 Å². The maximum absolute atomic E-state index is 11.2. The maximum atomic E-state index is 11.2. The summed E-state index contributed by atoms with van der Waals surface area (Å²) in [7, 11) is 0. The van der Waals surface area contributed by atoms with E-state index in [0.29, 0.717) is 0 Å². The molecule has 0 heterocycles. The number of rotatable bonds is 2. The smallest absolute Gasteiger partial charge is 0.310 e. The third-order valence-corrected chi connectivity index (χ3v) is 4.79. The molecule has 0 spiro atoms. The van der Waals surface area contributed by atoms with Gasteiger partial charge in [-0.15, -0.1) is 0 Å². The molecule has 0 saturated carbocycles. The highest BCUT2D eigenvalue weighted by atomic mass is 79.9. The number of carboxylic acids is 1. The summed E-state index contributed by atoms with van der Waals surface area (Å²) in [5.74, 6) is -1.37. The summed E-state index contributed by atoms with van der Waals surface area (Å²) in [5, 5.41) is 11.2. The molecule has 0 aliphatic heterocycles. The first-order valence-corrected chi connectivity index (χ1v) is 6.70. The maximum Gasteiger partial charge on any atom is 0.310 e. The Morgan fingerprint density at radius 3 is 2.59 bits per heavy atom. The van der Waals surface area contributed by atoms with Crippen molar-refractivity contribution in [3.05, 3.63) is 44.8 Å². The van der Waals surface area contributed by atoms with Crippen LogP contribution < -0.4 is 0 Å². The fraction of sp³-hybridized carbons (Fsp3) is 0.154. The highest BCUT2D eigenvalue weighted by molar-refractivity contribution is 9.13. The van der Waals surface area contributed by atoms with E-state index in [9.17, 15) is 9.90 Å². The van der Waals surface area contributed by atoms with Gasteiger partial charge in [0.15, 0.2) is 0 Å². The Labute approximate surface area is 116 Å². The topological polar surface area (TPSA) is 37.3 Å². The van der Waals surface area contributed by atoms with Crippen molar-refractivity contribution in [2.75, 3.05) is 0 Å². The highest BCUT2D eigenvalue weighted by Gasteiger charge is 2.21. The number of carboxylic acid groups (broad SMARTS) is 1. The fourth-order valence-corrected chi connectivity index (χ4v) is 2.99. The summed E-state index contributed by atoms with van der Waals surface area (Å²) in [6, 6.07) is 9.77. The average Bonchev–Trinajstić information content (AvgIpc) is 2.30. The summed E-state index contributed by atoms with van der Waals surface area (Å²) < 4.78 is 1.69. The van der Waals surface area contributed by atoms with Crippen LogP contribution in [-0.4, -0.2) is 11.1 Å². The quantitative estimate of drug-likeness (QED) is 0.855. The lowest BCUT2D eigenvalue weighted by Gasteiger charge is -2.14. The number of hydrogen-bond acceptors (Lipinski definition) is 1. The SMILES string of the molecule is CC(C(=O)O)c1c(Br)c(Br)cc2ccccc12. The van der Waals surface area contributed by atoms with Crippen LogP contribution in [-0.2, 0) is 4.79 Å². The predicted molar refractivity (Wildman–Crippen MR) is 75.4 cm³/mol. The van der Waals surface area contributed by atoms with Gasteiger partial charge in [0, 0.05) is 8.95 Å². The molecule has 2 nitrogen and oxygen atoms in total. The number of aliphatic carboxylic acids is 1. The van der Waals surface area contributed by atoms with Gasteiger partial charge in [0.2, 0.25) is 0 Å². The Hall–Kier alpha value is -0.870. The largest absolute Gasteiger partial charge is 0.481 e. The van der Waals surface area contributed by atoms with Crippen LogP contribution >= 0.6 is 31.9 Å². The molecule has 1 atom stereocenters. The van der Waals surface area contributed by atoms with E-state index in [1.165, 1.54) is 0 Å². The van der Waals surface area contributed by atoms with Gasteiger partial charge in [-0.1, -0.05) is 24.3 Å². The molecule has 2 aromatic rings. The van der Waals surface area contributed by atoms with Crippen LogP contribution in [0.1, 0.15) is 18.4 Å². The lowest BCUT2D eigenvalue weighted by Crippen LogP contribution is -2.09. The molecule has 0 amide bonds. The Morgan fingerprint density at radius 2 is 1.94 bits per heavy atom. The van der Waals surface area contributed by atoms with Gasteiger partial charge >= 0.3 is 5.97 Å². The fourth-order valence-electron chi connectivity index (χ4n) is 1.86. The second-order valence-electron chi connectivity index (χ2n) is 3.87. The third-order valence-electron chi connectivity index (χ3n) is 2.78. The first-order chi connectivity index (χ1) is 8.02. The molecule has 88 valence electrons. The molecular weight excluding hydrogens is 348 g/mol. The van der Waals surface area contributed by atoms with Crippen LogP contribution in [0.4, 0.5) is 0 Å². The molecule has 1 unspecified atom stereocenters. The number of fused-ring (bicyclic) bond motifs is 1. The van der Waals surface area contributed by atoms with Crippen LogP contribution in [0.15, 0.2) is 39.3 Å². The minimum absolute atomic E-state index is 0.549. The molecule has 0 fully saturated rings. The zero-order valence-corrected chi connectivity index (χ0v) is 12.2. The molecular formula is C13H10Br2O2. The van der Waals surface area contributed by atoms with Crippen molar-refractivity contribution in [2.24, 2.45) is 0 Å². The third kappa shape index (κ3) is 2.24. The van der Waals surface area contributed by atoms with E-state index in [1.807, 2.05) is 30.3 Å². The van der Waals surface area contributed by atoms with E-state index in [-0.39, 0.29) is 0 Å². The second kappa shape index (κ2) is 4.78. The zero-order valence-electron chi connectivity index (χ0n) is 9.08. The first-order valence-electron chi connectivity index (χ1n) is 5.12. The molecule has 0 aliphatic carbocycles. The summed E-state index contributed by atoms with van der Waals surface area (Å²) >= 11 is 6.90.